The van der Waals surface area contributed by atoms with Crippen molar-refractivity contribution >= 4 is 21.6 Å². The van der Waals surface area contributed by atoms with E-state index in [0.717, 1.165) is 11.1 Å². The molecule has 2 N–H and O–H groups in total. The molecule has 4 aromatic rings. The second-order valence-electron chi connectivity index (χ2n) is 7.67. The molecule has 6 heteroatoms. The Kier molecular flexibility index (Phi) is 6.68. The molecule has 0 heterocycles. The first-order valence-corrected chi connectivity index (χ1v) is 12.0. The van der Waals surface area contributed by atoms with Crippen LogP contribution in [0.3, 0.4) is 0 Å². The van der Waals surface area contributed by atoms with Crippen LogP contribution in [0.1, 0.15) is 33.1 Å². The Morgan fingerprint density at radius 3 is 1.76 bits per heavy atom. The molecule has 4 aromatic carbocycles. The van der Waals surface area contributed by atoms with Gasteiger partial charge in [-0.3, -0.25) is 4.79 Å². The molecule has 0 saturated heterocycles. The summed E-state index contributed by atoms with van der Waals surface area (Å²) in [5.74, 6) is -0.249. The number of nitrogens with one attached hydrogen (secondary N) is 2. The number of rotatable bonds is 7. The number of aryl methyl sites for hydroxylation is 1. The minimum Gasteiger partial charge on any atom is -0.322 e. The topological polar surface area (TPSA) is 75.3 Å². The molecular formula is C27H24N2O3S. The molecule has 0 spiro atoms. The van der Waals surface area contributed by atoms with Gasteiger partial charge in [0.2, 0.25) is 10.0 Å². The molecular weight excluding hydrogens is 432 g/mol. The predicted molar refractivity (Wildman–Crippen MR) is 131 cm³/mol. The Morgan fingerprint density at radius 2 is 1.24 bits per heavy atom. The highest BCUT2D eigenvalue weighted by Crippen LogP contribution is 2.26. The van der Waals surface area contributed by atoms with Gasteiger partial charge in [-0.25, -0.2) is 8.42 Å². The second kappa shape index (κ2) is 9.81. The third kappa shape index (κ3) is 5.37. The highest BCUT2D eigenvalue weighted by atomic mass is 32.2. The Hall–Kier alpha value is -3.74. The third-order valence-corrected chi connectivity index (χ3v) is 6.75. The van der Waals surface area contributed by atoms with E-state index in [9.17, 15) is 13.2 Å². The van der Waals surface area contributed by atoms with E-state index < -0.39 is 16.1 Å². The highest BCUT2D eigenvalue weighted by Gasteiger charge is 2.23. The van der Waals surface area contributed by atoms with Crippen molar-refractivity contribution in [3.05, 3.63) is 131 Å². The SMILES string of the molecule is Cc1cc(S(=O)(=O)NC(c2ccccc2)c2ccccc2)ccc1NC(=O)c1ccccc1. The zero-order valence-electron chi connectivity index (χ0n) is 18.1. The minimum atomic E-state index is -3.84. The molecule has 0 fully saturated rings. The predicted octanol–water partition coefficient (Wildman–Crippen LogP) is 5.32. The van der Waals surface area contributed by atoms with Gasteiger partial charge in [0.15, 0.2) is 0 Å². The number of hydrogen-bond acceptors (Lipinski definition) is 3. The molecule has 0 saturated carbocycles. The van der Waals surface area contributed by atoms with E-state index in [0.29, 0.717) is 16.8 Å². The summed E-state index contributed by atoms with van der Waals surface area (Å²) in [5, 5.41) is 2.84. The van der Waals surface area contributed by atoms with Crippen LogP contribution in [-0.2, 0) is 10.0 Å². The van der Waals surface area contributed by atoms with Crippen LogP contribution in [0.2, 0.25) is 0 Å². The van der Waals surface area contributed by atoms with Gasteiger partial charge in [-0.15, -0.1) is 0 Å². The van der Waals surface area contributed by atoms with E-state index >= 15 is 0 Å². The van der Waals surface area contributed by atoms with Gasteiger partial charge >= 0.3 is 0 Å². The summed E-state index contributed by atoms with van der Waals surface area (Å²) >= 11 is 0. The minimum absolute atomic E-state index is 0.134. The zero-order valence-corrected chi connectivity index (χ0v) is 18.9. The standard InChI is InChI=1S/C27H24N2O3S/c1-20-19-24(17-18-25(20)28-27(30)23-15-9-4-10-16-23)33(31,32)29-26(21-11-5-2-6-12-21)22-13-7-3-8-14-22/h2-19,26,29H,1H3,(H,28,30). The van der Waals surface area contributed by atoms with E-state index in [-0.39, 0.29) is 10.8 Å². The summed E-state index contributed by atoms with van der Waals surface area (Å²) in [4.78, 5) is 12.6. The second-order valence-corrected chi connectivity index (χ2v) is 9.39. The number of carbonyl (C=O) groups is 1. The molecule has 0 radical (unpaired) electrons. The Morgan fingerprint density at radius 1 is 0.727 bits per heavy atom. The van der Waals surface area contributed by atoms with Crippen molar-refractivity contribution < 1.29 is 13.2 Å². The summed E-state index contributed by atoms with van der Waals surface area (Å²) in [5.41, 5.74) is 3.43. The fourth-order valence-electron chi connectivity index (χ4n) is 3.57. The van der Waals surface area contributed by atoms with Gasteiger partial charge in [0.05, 0.1) is 10.9 Å². The summed E-state index contributed by atoms with van der Waals surface area (Å²) in [6, 6.07) is 31.9. The first-order valence-electron chi connectivity index (χ1n) is 10.5. The van der Waals surface area contributed by atoms with E-state index in [1.165, 1.54) is 6.07 Å². The van der Waals surface area contributed by atoms with Crippen molar-refractivity contribution in [2.24, 2.45) is 0 Å². The summed E-state index contributed by atoms with van der Waals surface area (Å²) < 4.78 is 29.4. The lowest BCUT2D eigenvalue weighted by Crippen LogP contribution is -2.29. The van der Waals surface area contributed by atoms with Crippen molar-refractivity contribution in [1.82, 2.24) is 4.72 Å². The molecule has 0 atom stereocenters. The number of anilines is 1. The Labute approximate surface area is 194 Å². The van der Waals surface area contributed by atoms with Gasteiger partial charge in [0.1, 0.15) is 0 Å². The molecule has 166 valence electrons. The van der Waals surface area contributed by atoms with Crippen LogP contribution < -0.4 is 10.0 Å². The lowest BCUT2D eigenvalue weighted by Gasteiger charge is -2.20. The Bertz CT molecular complexity index is 1300. The molecule has 0 bridgehead atoms. The van der Waals surface area contributed by atoms with Gasteiger partial charge in [0.25, 0.3) is 5.91 Å². The molecule has 33 heavy (non-hydrogen) atoms. The van der Waals surface area contributed by atoms with Crippen LogP contribution in [0.15, 0.2) is 114 Å². The maximum absolute atomic E-state index is 13.3. The van der Waals surface area contributed by atoms with Crippen molar-refractivity contribution in [2.45, 2.75) is 17.9 Å². The number of carbonyl (C=O) groups excluding carboxylic acids is 1. The van der Waals surface area contributed by atoms with Crippen molar-refractivity contribution in [1.29, 1.82) is 0 Å². The molecule has 5 nitrogen and oxygen atoms in total. The van der Waals surface area contributed by atoms with E-state index in [1.807, 2.05) is 66.7 Å². The number of sulfonamides is 1. The average Bonchev–Trinajstić information content (AvgIpc) is 2.85. The van der Waals surface area contributed by atoms with Crippen LogP contribution >= 0.6 is 0 Å². The van der Waals surface area contributed by atoms with Crippen molar-refractivity contribution in [3.8, 4) is 0 Å². The molecule has 1 amide bonds. The van der Waals surface area contributed by atoms with Crippen molar-refractivity contribution in [2.75, 3.05) is 5.32 Å². The smallest absolute Gasteiger partial charge is 0.255 e. The average molecular weight is 457 g/mol. The number of amides is 1. The fraction of sp³-hybridized carbons (Fsp3) is 0.0741. The van der Waals surface area contributed by atoms with Gasteiger partial charge < -0.3 is 5.32 Å². The van der Waals surface area contributed by atoms with Crippen LogP contribution in [0, 0.1) is 6.92 Å². The normalized spacial score (nSPS) is 11.3. The van der Waals surface area contributed by atoms with Crippen LogP contribution in [0.5, 0.6) is 0 Å². The molecule has 0 aromatic heterocycles. The lowest BCUT2D eigenvalue weighted by atomic mass is 10.00. The van der Waals surface area contributed by atoms with Crippen molar-refractivity contribution in [3.63, 3.8) is 0 Å². The van der Waals surface area contributed by atoms with Gasteiger partial charge in [-0.2, -0.15) is 4.72 Å². The van der Waals surface area contributed by atoms with Crippen LogP contribution in [-0.4, -0.2) is 14.3 Å². The first kappa shape index (κ1) is 22.5. The molecule has 0 aliphatic heterocycles. The summed E-state index contributed by atoms with van der Waals surface area (Å²) in [6.07, 6.45) is 0. The maximum Gasteiger partial charge on any atom is 0.255 e. The largest absolute Gasteiger partial charge is 0.322 e. The highest BCUT2D eigenvalue weighted by molar-refractivity contribution is 7.89. The van der Waals surface area contributed by atoms with Gasteiger partial charge in [-0.05, 0) is 53.9 Å². The maximum atomic E-state index is 13.3. The van der Waals surface area contributed by atoms with Gasteiger partial charge in [0, 0.05) is 11.3 Å². The van der Waals surface area contributed by atoms with Gasteiger partial charge in [-0.1, -0.05) is 78.9 Å². The number of benzene rings is 4. The fourth-order valence-corrected chi connectivity index (χ4v) is 4.87. The van der Waals surface area contributed by atoms with Crippen LogP contribution in [0.25, 0.3) is 0 Å². The molecule has 0 aliphatic carbocycles. The Balaban J connectivity index is 1.60. The quantitative estimate of drug-likeness (QED) is 0.395. The van der Waals surface area contributed by atoms with E-state index in [1.54, 1.807) is 43.3 Å². The molecule has 4 rings (SSSR count). The van der Waals surface area contributed by atoms with E-state index in [4.69, 9.17) is 0 Å². The summed E-state index contributed by atoms with van der Waals surface area (Å²) in [6.45, 7) is 1.77. The molecule has 0 unspecified atom stereocenters. The summed E-state index contributed by atoms with van der Waals surface area (Å²) in [7, 11) is -3.84. The van der Waals surface area contributed by atoms with Crippen LogP contribution in [0.4, 0.5) is 5.69 Å². The third-order valence-electron chi connectivity index (χ3n) is 5.33. The lowest BCUT2D eigenvalue weighted by molar-refractivity contribution is 0.102. The monoisotopic (exact) mass is 456 g/mol. The number of hydrogen-bond donors (Lipinski definition) is 2. The first-order chi connectivity index (χ1) is 15.9. The molecule has 0 aliphatic rings. The van der Waals surface area contributed by atoms with E-state index in [2.05, 4.69) is 10.0 Å². The zero-order chi connectivity index (χ0) is 23.3.